The summed E-state index contributed by atoms with van der Waals surface area (Å²) in [4.78, 5) is 6.72. The lowest BCUT2D eigenvalue weighted by Gasteiger charge is -2.29. The first kappa shape index (κ1) is 24.2. The molecule has 0 unspecified atom stereocenters. The van der Waals surface area contributed by atoms with Gasteiger partial charge in [0.1, 0.15) is 11.2 Å². The Kier molecular flexibility index (Phi) is 4.69. The molecule has 9 heteroatoms. The van der Waals surface area contributed by atoms with E-state index in [0.29, 0.717) is 28.3 Å². The summed E-state index contributed by atoms with van der Waals surface area (Å²) >= 11 is 0. The molecule has 43 heavy (non-hydrogen) atoms. The second-order valence-electron chi connectivity index (χ2n) is 11.0. The molecule has 9 rings (SSSR count). The van der Waals surface area contributed by atoms with Crippen LogP contribution in [0.15, 0.2) is 108 Å². The van der Waals surface area contributed by atoms with Crippen molar-refractivity contribution >= 4 is 71.5 Å². The number of aryl methyl sites for hydroxylation is 2. The first-order valence-electron chi connectivity index (χ1n) is 13.9. The van der Waals surface area contributed by atoms with E-state index in [1.807, 2.05) is 97.6 Å². The third-order valence-corrected chi connectivity index (χ3v) is 9.95. The van der Waals surface area contributed by atoms with Crippen molar-refractivity contribution in [1.82, 2.24) is 18.1 Å². The van der Waals surface area contributed by atoms with Gasteiger partial charge in [0.2, 0.25) is 5.95 Å². The molecular weight excluding hydrogens is 558 g/mol. The van der Waals surface area contributed by atoms with Crippen LogP contribution < -0.4 is 4.90 Å². The lowest BCUT2D eigenvalue weighted by molar-refractivity contribution is 0.570. The van der Waals surface area contributed by atoms with Gasteiger partial charge in [-0.1, -0.05) is 60.7 Å². The van der Waals surface area contributed by atoms with Gasteiger partial charge in [-0.05, 0) is 73.0 Å². The molecule has 5 aromatic carbocycles. The lowest BCUT2D eigenvalue weighted by atomic mass is 10.0. The quantitative estimate of drug-likeness (QED) is 0.206. The van der Waals surface area contributed by atoms with E-state index < -0.39 is 10.2 Å². The van der Waals surface area contributed by atoms with Gasteiger partial charge >= 0.3 is 10.2 Å². The van der Waals surface area contributed by atoms with Crippen molar-refractivity contribution in [2.75, 3.05) is 4.90 Å². The van der Waals surface area contributed by atoms with E-state index in [4.69, 9.17) is 9.40 Å². The van der Waals surface area contributed by atoms with Gasteiger partial charge in [-0.2, -0.15) is 17.5 Å². The van der Waals surface area contributed by atoms with E-state index in [1.165, 1.54) is 3.97 Å². The predicted molar refractivity (Wildman–Crippen MR) is 170 cm³/mol. The number of para-hydroxylation sites is 4. The molecule has 0 aliphatic carbocycles. The number of benzene rings is 5. The van der Waals surface area contributed by atoms with Crippen molar-refractivity contribution in [3.8, 4) is 11.1 Å². The van der Waals surface area contributed by atoms with Crippen molar-refractivity contribution in [1.29, 1.82) is 0 Å². The summed E-state index contributed by atoms with van der Waals surface area (Å²) in [5, 5.41) is 7.49. The number of fused-ring (bicyclic) bond motifs is 9. The third-order valence-electron chi connectivity index (χ3n) is 8.44. The maximum Gasteiger partial charge on any atom is 0.354 e. The highest BCUT2D eigenvalue weighted by Crippen LogP contribution is 2.46. The Bertz CT molecular complexity index is 2560. The molecule has 0 fully saturated rings. The zero-order chi connectivity index (χ0) is 29.0. The summed E-state index contributed by atoms with van der Waals surface area (Å²) in [6, 6.07) is 33.4. The lowest BCUT2D eigenvalue weighted by Crippen LogP contribution is -2.34. The summed E-state index contributed by atoms with van der Waals surface area (Å²) in [6.45, 7) is 4.02. The topological polar surface area (TPSA) is 86.2 Å². The van der Waals surface area contributed by atoms with Crippen LogP contribution in [0.5, 0.6) is 0 Å². The Hall–Kier alpha value is -5.41. The second kappa shape index (κ2) is 8.33. The van der Waals surface area contributed by atoms with Gasteiger partial charge in [0, 0.05) is 21.7 Å². The molecule has 0 saturated carbocycles. The Labute approximate surface area is 246 Å². The average Bonchev–Trinajstić information content (AvgIpc) is 3.70. The van der Waals surface area contributed by atoms with Crippen LogP contribution in [0, 0.1) is 13.8 Å². The molecule has 4 heterocycles. The van der Waals surface area contributed by atoms with Gasteiger partial charge in [0.25, 0.3) is 0 Å². The molecule has 1 aliphatic heterocycles. The molecule has 0 bridgehead atoms. The number of rotatable bonds is 2. The first-order valence-corrected chi connectivity index (χ1v) is 15.3. The van der Waals surface area contributed by atoms with Gasteiger partial charge < -0.3 is 4.42 Å². The molecule has 208 valence electrons. The van der Waals surface area contributed by atoms with Crippen LogP contribution in [0.4, 0.5) is 17.5 Å². The van der Waals surface area contributed by atoms with Crippen molar-refractivity contribution in [2.24, 2.45) is 0 Å². The number of furan rings is 1. The van der Waals surface area contributed by atoms with Crippen molar-refractivity contribution in [2.45, 2.75) is 13.8 Å². The summed E-state index contributed by atoms with van der Waals surface area (Å²) in [7, 11) is -4.10. The van der Waals surface area contributed by atoms with Crippen molar-refractivity contribution in [3.05, 3.63) is 114 Å². The van der Waals surface area contributed by atoms with E-state index in [9.17, 15) is 8.42 Å². The molecule has 0 spiro atoms. The molecule has 0 atom stereocenters. The average molecular weight is 582 g/mol. The van der Waals surface area contributed by atoms with Gasteiger partial charge in [-0.15, -0.1) is 4.09 Å². The van der Waals surface area contributed by atoms with E-state index in [1.54, 1.807) is 6.07 Å². The fourth-order valence-electron chi connectivity index (χ4n) is 6.21. The monoisotopic (exact) mass is 581 g/mol. The Morgan fingerprint density at radius 3 is 2.33 bits per heavy atom. The van der Waals surface area contributed by atoms with Crippen LogP contribution in [-0.2, 0) is 10.2 Å². The Morgan fingerprint density at radius 2 is 1.47 bits per heavy atom. The van der Waals surface area contributed by atoms with E-state index >= 15 is 0 Å². The highest BCUT2D eigenvalue weighted by Gasteiger charge is 2.39. The van der Waals surface area contributed by atoms with Gasteiger partial charge in [0.05, 0.1) is 22.2 Å². The van der Waals surface area contributed by atoms with Gasteiger partial charge in [-0.25, -0.2) is 4.98 Å². The zero-order valence-corrected chi connectivity index (χ0v) is 24.0. The van der Waals surface area contributed by atoms with E-state index in [-0.39, 0.29) is 0 Å². The number of hydrogen-bond donors (Lipinski definition) is 0. The molecule has 8 nitrogen and oxygen atoms in total. The SMILES string of the molecule is Cc1cc2nn3c(c2cc1C)N(c1ccc(-c2cccc4c2oc2ccccc24)cc1)c1nc2ccccc2n1S3(=O)=O. The minimum absolute atomic E-state index is 0.292. The van der Waals surface area contributed by atoms with Crippen molar-refractivity contribution < 1.29 is 12.8 Å². The zero-order valence-electron chi connectivity index (χ0n) is 23.2. The largest absolute Gasteiger partial charge is 0.455 e. The van der Waals surface area contributed by atoms with Gasteiger partial charge in [-0.3, -0.25) is 4.90 Å². The minimum atomic E-state index is -4.10. The number of hydrogen-bond acceptors (Lipinski definition) is 6. The number of imidazole rings is 1. The van der Waals surface area contributed by atoms with E-state index in [2.05, 4.69) is 23.3 Å². The molecule has 0 saturated heterocycles. The highest BCUT2D eigenvalue weighted by molar-refractivity contribution is 7.88. The van der Waals surface area contributed by atoms with Crippen LogP contribution in [-0.4, -0.2) is 26.6 Å². The van der Waals surface area contributed by atoms with E-state index in [0.717, 1.165) is 59.4 Å². The Balaban J connectivity index is 1.28. The molecule has 0 amide bonds. The number of nitrogens with zero attached hydrogens (tertiary/aromatic N) is 5. The molecule has 8 aromatic rings. The van der Waals surface area contributed by atoms with Crippen LogP contribution in [0.3, 0.4) is 0 Å². The maximum absolute atomic E-state index is 14.1. The van der Waals surface area contributed by atoms with Crippen LogP contribution >= 0.6 is 0 Å². The second-order valence-corrected chi connectivity index (χ2v) is 12.6. The van der Waals surface area contributed by atoms with Crippen LogP contribution in [0.2, 0.25) is 0 Å². The number of aromatic nitrogens is 4. The fraction of sp³-hybridized carbons (Fsp3) is 0.0588. The standard InChI is InChI=1S/C34H23N5O3S/c1-20-18-27-29(19-21(20)2)36-39-33(27)37(34-35-28-11-4-5-12-30(28)38(34)43(39,40)41)23-16-14-22(15-17-23)24-9-7-10-26-25-8-3-6-13-31(25)42-32(24)26/h3-19H,1-2H3. The maximum atomic E-state index is 14.1. The molecule has 0 radical (unpaired) electrons. The highest BCUT2D eigenvalue weighted by atomic mass is 32.2. The predicted octanol–water partition coefficient (Wildman–Crippen LogP) is 7.99. The summed E-state index contributed by atoms with van der Waals surface area (Å²) < 4.78 is 36.9. The third kappa shape index (κ3) is 3.22. The minimum Gasteiger partial charge on any atom is -0.455 e. The normalized spacial score (nSPS) is 14.1. The van der Waals surface area contributed by atoms with Crippen LogP contribution in [0.25, 0.3) is 55.0 Å². The molecule has 0 N–H and O–H groups in total. The van der Waals surface area contributed by atoms with Crippen molar-refractivity contribution in [3.63, 3.8) is 0 Å². The summed E-state index contributed by atoms with van der Waals surface area (Å²) in [5.41, 5.74) is 8.18. The Morgan fingerprint density at radius 1 is 0.721 bits per heavy atom. The van der Waals surface area contributed by atoms with Crippen LogP contribution in [0.1, 0.15) is 11.1 Å². The molecular formula is C34H23N5O3S. The first-order chi connectivity index (χ1) is 20.9. The molecule has 1 aliphatic rings. The van der Waals surface area contributed by atoms with Gasteiger partial charge in [0.15, 0.2) is 5.82 Å². The fourth-order valence-corrected chi connectivity index (χ4v) is 7.69. The number of anilines is 3. The smallest absolute Gasteiger partial charge is 0.354 e. The summed E-state index contributed by atoms with van der Waals surface area (Å²) in [5.74, 6) is 0.730. The summed E-state index contributed by atoms with van der Waals surface area (Å²) in [6.07, 6.45) is 0. The molecule has 3 aromatic heterocycles.